The van der Waals surface area contributed by atoms with Crippen molar-refractivity contribution in [1.82, 2.24) is 19.5 Å². The summed E-state index contributed by atoms with van der Waals surface area (Å²) in [4.78, 5) is 6.82. The van der Waals surface area contributed by atoms with Crippen molar-refractivity contribution in [3.8, 4) is 0 Å². The van der Waals surface area contributed by atoms with Crippen molar-refractivity contribution < 1.29 is 8.42 Å². The Kier molecular flexibility index (Phi) is 3.70. The van der Waals surface area contributed by atoms with Gasteiger partial charge in [0, 0.05) is 32.4 Å². The van der Waals surface area contributed by atoms with Crippen molar-refractivity contribution in [3.63, 3.8) is 0 Å². The highest BCUT2D eigenvalue weighted by Crippen LogP contribution is 2.26. The fraction of sp³-hybridized carbons (Fsp3) is 0.250. The van der Waals surface area contributed by atoms with E-state index in [1.165, 1.54) is 0 Å². The number of nitrogens with zero attached hydrogens (tertiary/aromatic N) is 4. The van der Waals surface area contributed by atoms with Gasteiger partial charge in [0.1, 0.15) is 5.82 Å². The molecular formula is C16H17N5O2S. The highest BCUT2D eigenvalue weighted by molar-refractivity contribution is 7.90. The van der Waals surface area contributed by atoms with E-state index in [1.54, 1.807) is 48.8 Å². The van der Waals surface area contributed by atoms with Crippen molar-refractivity contribution in [2.45, 2.75) is 4.90 Å². The van der Waals surface area contributed by atoms with Crippen LogP contribution in [0, 0.1) is 0 Å². The molecule has 0 unspecified atom stereocenters. The van der Waals surface area contributed by atoms with Gasteiger partial charge in [-0.25, -0.2) is 4.98 Å². The maximum Gasteiger partial charge on any atom is 0.283 e. The van der Waals surface area contributed by atoms with Crippen LogP contribution in [0.1, 0.15) is 0 Å². The van der Waals surface area contributed by atoms with Crippen molar-refractivity contribution in [2.24, 2.45) is 0 Å². The molecule has 1 fully saturated rings. The molecule has 0 saturated carbocycles. The van der Waals surface area contributed by atoms with E-state index in [2.05, 4.69) is 20.3 Å². The van der Waals surface area contributed by atoms with Gasteiger partial charge in [-0.05, 0) is 18.2 Å². The van der Waals surface area contributed by atoms with E-state index in [-0.39, 0.29) is 4.90 Å². The number of anilines is 1. The molecule has 2 aromatic heterocycles. The van der Waals surface area contributed by atoms with Crippen molar-refractivity contribution >= 4 is 26.7 Å². The van der Waals surface area contributed by atoms with E-state index >= 15 is 0 Å². The van der Waals surface area contributed by atoms with Crippen LogP contribution < -0.4 is 10.2 Å². The highest BCUT2D eigenvalue weighted by Gasteiger charge is 2.23. The van der Waals surface area contributed by atoms with E-state index in [1.807, 2.05) is 0 Å². The van der Waals surface area contributed by atoms with Crippen LogP contribution in [-0.4, -0.2) is 48.8 Å². The number of fused-ring (bicyclic) bond motifs is 1. The summed E-state index contributed by atoms with van der Waals surface area (Å²) in [6, 6.07) is 10.0. The molecule has 7 nitrogen and oxygen atoms in total. The molecule has 1 saturated heterocycles. The van der Waals surface area contributed by atoms with Crippen LogP contribution in [0.15, 0.2) is 53.7 Å². The molecule has 3 aromatic rings. The average molecular weight is 343 g/mol. The Hall–Kier alpha value is -2.45. The predicted molar refractivity (Wildman–Crippen MR) is 91.6 cm³/mol. The Morgan fingerprint density at radius 2 is 1.79 bits per heavy atom. The lowest BCUT2D eigenvalue weighted by Crippen LogP contribution is -2.43. The number of hydrogen-bond acceptors (Lipinski definition) is 6. The predicted octanol–water partition coefficient (Wildman–Crippen LogP) is 1.08. The van der Waals surface area contributed by atoms with Gasteiger partial charge >= 0.3 is 0 Å². The molecule has 0 spiro atoms. The molecule has 3 heterocycles. The Morgan fingerprint density at radius 3 is 2.54 bits per heavy atom. The van der Waals surface area contributed by atoms with Gasteiger partial charge in [-0.1, -0.05) is 18.2 Å². The van der Waals surface area contributed by atoms with Crippen LogP contribution in [-0.2, 0) is 10.0 Å². The zero-order chi connectivity index (χ0) is 16.6. The summed E-state index contributed by atoms with van der Waals surface area (Å²) < 4.78 is 26.8. The summed E-state index contributed by atoms with van der Waals surface area (Å²) >= 11 is 0. The average Bonchev–Trinajstić information content (AvgIpc) is 3.08. The standard InChI is InChI=1S/C16H17N5O2S/c22-24(23,13-4-2-1-3-5-13)21-15-6-7-18-16(14(15)12-19-21)20-10-8-17-9-11-20/h1-7,12,17H,8-11H2. The first-order chi connectivity index (χ1) is 11.7. The largest absolute Gasteiger partial charge is 0.353 e. The summed E-state index contributed by atoms with van der Waals surface area (Å²) in [6.07, 6.45) is 3.22. The first kappa shape index (κ1) is 15.1. The Labute approximate surface area is 140 Å². The maximum atomic E-state index is 12.9. The summed E-state index contributed by atoms with van der Waals surface area (Å²) in [6.45, 7) is 3.44. The van der Waals surface area contributed by atoms with E-state index in [0.717, 1.165) is 41.5 Å². The molecule has 0 radical (unpaired) electrons. The number of piperazine rings is 1. The lowest BCUT2D eigenvalue weighted by atomic mass is 10.2. The molecule has 1 aliphatic heterocycles. The molecule has 0 amide bonds. The number of aromatic nitrogens is 3. The molecule has 0 bridgehead atoms. The minimum absolute atomic E-state index is 0.218. The first-order valence-corrected chi connectivity index (χ1v) is 9.21. The molecule has 4 rings (SSSR count). The second-order valence-electron chi connectivity index (χ2n) is 5.61. The van der Waals surface area contributed by atoms with Gasteiger partial charge in [0.15, 0.2) is 0 Å². The molecule has 1 N–H and O–H groups in total. The van der Waals surface area contributed by atoms with Gasteiger partial charge in [-0.2, -0.15) is 17.6 Å². The number of pyridine rings is 1. The third-order valence-electron chi connectivity index (χ3n) is 4.13. The Morgan fingerprint density at radius 1 is 1.04 bits per heavy atom. The normalized spacial score (nSPS) is 15.8. The number of benzene rings is 1. The molecular weight excluding hydrogens is 326 g/mol. The topological polar surface area (TPSA) is 80.1 Å². The lowest BCUT2D eigenvalue weighted by molar-refractivity contribution is 0.582. The fourth-order valence-corrected chi connectivity index (χ4v) is 4.22. The van der Waals surface area contributed by atoms with Gasteiger partial charge < -0.3 is 10.2 Å². The van der Waals surface area contributed by atoms with Crippen LogP contribution in [0.5, 0.6) is 0 Å². The lowest BCUT2D eigenvalue weighted by Gasteiger charge is -2.28. The van der Waals surface area contributed by atoms with Crippen molar-refractivity contribution in [1.29, 1.82) is 0 Å². The summed E-state index contributed by atoms with van der Waals surface area (Å²) in [5.41, 5.74) is 0.544. The Balaban J connectivity index is 1.84. The van der Waals surface area contributed by atoms with E-state index < -0.39 is 10.0 Å². The van der Waals surface area contributed by atoms with Gasteiger partial charge in [-0.3, -0.25) is 0 Å². The molecule has 124 valence electrons. The smallest absolute Gasteiger partial charge is 0.283 e. The minimum Gasteiger partial charge on any atom is -0.353 e. The van der Waals surface area contributed by atoms with Crippen molar-refractivity contribution in [3.05, 3.63) is 48.8 Å². The van der Waals surface area contributed by atoms with Gasteiger partial charge in [0.25, 0.3) is 10.0 Å². The zero-order valence-electron chi connectivity index (χ0n) is 13.0. The molecule has 0 aliphatic carbocycles. The highest BCUT2D eigenvalue weighted by atomic mass is 32.2. The van der Waals surface area contributed by atoms with Crippen LogP contribution >= 0.6 is 0 Å². The quantitative estimate of drug-likeness (QED) is 0.766. The molecule has 8 heteroatoms. The second kappa shape index (κ2) is 5.88. The molecule has 24 heavy (non-hydrogen) atoms. The van der Waals surface area contributed by atoms with Crippen LogP contribution in [0.3, 0.4) is 0 Å². The molecule has 0 atom stereocenters. The van der Waals surface area contributed by atoms with Gasteiger partial charge in [0.2, 0.25) is 0 Å². The molecule has 1 aromatic carbocycles. The third kappa shape index (κ3) is 2.44. The maximum absolute atomic E-state index is 12.9. The summed E-state index contributed by atoms with van der Waals surface area (Å²) in [5, 5.41) is 8.19. The number of rotatable bonds is 3. The van der Waals surface area contributed by atoms with Gasteiger partial charge in [0.05, 0.1) is 22.0 Å². The SMILES string of the molecule is O=S(=O)(c1ccccc1)n1ncc2c(N3CCNCC3)nccc21. The minimum atomic E-state index is -3.72. The van der Waals surface area contributed by atoms with E-state index in [4.69, 9.17) is 0 Å². The number of hydrogen-bond donors (Lipinski definition) is 1. The summed E-state index contributed by atoms with van der Waals surface area (Å²) in [7, 11) is -3.72. The second-order valence-corrected chi connectivity index (χ2v) is 7.38. The summed E-state index contributed by atoms with van der Waals surface area (Å²) in [5.74, 6) is 0.781. The monoisotopic (exact) mass is 343 g/mol. The van der Waals surface area contributed by atoms with Crippen LogP contribution in [0.25, 0.3) is 10.9 Å². The Bertz CT molecular complexity index is 963. The van der Waals surface area contributed by atoms with Crippen LogP contribution in [0.4, 0.5) is 5.82 Å². The van der Waals surface area contributed by atoms with Crippen LogP contribution in [0.2, 0.25) is 0 Å². The fourth-order valence-electron chi connectivity index (χ4n) is 2.93. The van der Waals surface area contributed by atoms with E-state index in [9.17, 15) is 8.42 Å². The molecule has 1 aliphatic rings. The van der Waals surface area contributed by atoms with Gasteiger partial charge in [-0.15, -0.1) is 0 Å². The van der Waals surface area contributed by atoms with E-state index in [0.29, 0.717) is 5.52 Å². The third-order valence-corrected chi connectivity index (χ3v) is 5.74. The number of nitrogens with one attached hydrogen (secondary N) is 1. The zero-order valence-corrected chi connectivity index (χ0v) is 13.8. The first-order valence-electron chi connectivity index (χ1n) is 7.77. The van der Waals surface area contributed by atoms with Crippen molar-refractivity contribution in [2.75, 3.05) is 31.1 Å².